The van der Waals surface area contributed by atoms with Gasteiger partial charge in [0.05, 0.1) is 5.69 Å². The van der Waals surface area contributed by atoms with Crippen molar-refractivity contribution in [1.82, 2.24) is 14.8 Å². The molecule has 0 amide bonds. The summed E-state index contributed by atoms with van der Waals surface area (Å²) in [5.74, 6) is 0.0000591. The smallest absolute Gasteiger partial charge is 0.178 e. The monoisotopic (exact) mass is 221 g/mol. The summed E-state index contributed by atoms with van der Waals surface area (Å²) >= 11 is 1.47. The second kappa shape index (κ2) is 3.94. The van der Waals surface area contributed by atoms with Gasteiger partial charge in [0.2, 0.25) is 0 Å². The van der Waals surface area contributed by atoms with E-state index in [0.717, 1.165) is 17.2 Å². The van der Waals surface area contributed by atoms with Crippen molar-refractivity contribution in [2.24, 2.45) is 0 Å². The van der Waals surface area contributed by atoms with E-state index in [1.165, 1.54) is 18.3 Å². The molecule has 15 heavy (non-hydrogen) atoms. The summed E-state index contributed by atoms with van der Waals surface area (Å²) in [7, 11) is 0. The van der Waals surface area contributed by atoms with Crippen LogP contribution < -0.4 is 0 Å². The molecule has 2 aromatic rings. The molecular formula is C10H11N3OS. The molecule has 2 aromatic heterocycles. The van der Waals surface area contributed by atoms with Crippen LogP contribution in [0.2, 0.25) is 0 Å². The summed E-state index contributed by atoms with van der Waals surface area (Å²) in [5.41, 5.74) is 1.49. The lowest BCUT2D eigenvalue weighted by atomic mass is 10.3. The zero-order valence-electron chi connectivity index (χ0n) is 8.60. The molecule has 78 valence electrons. The van der Waals surface area contributed by atoms with Gasteiger partial charge in [-0.25, -0.2) is 4.98 Å². The molecule has 0 bridgehead atoms. The SMILES string of the molecule is CCn1nccc1-c1nc(C(C)=O)cs1. The molecule has 5 heteroatoms. The van der Waals surface area contributed by atoms with Crippen molar-refractivity contribution in [2.75, 3.05) is 0 Å². The van der Waals surface area contributed by atoms with Gasteiger partial charge >= 0.3 is 0 Å². The Balaban J connectivity index is 2.41. The van der Waals surface area contributed by atoms with Crippen LogP contribution >= 0.6 is 11.3 Å². The lowest BCUT2D eigenvalue weighted by Gasteiger charge is -1.99. The maximum Gasteiger partial charge on any atom is 0.178 e. The van der Waals surface area contributed by atoms with Crippen LogP contribution in [0.4, 0.5) is 0 Å². The van der Waals surface area contributed by atoms with Gasteiger partial charge in [0.15, 0.2) is 5.78 Å². The van der Waals surface area contributed by atoms with E-state index in [1.807, 2.05) is 17.7 Å². The predicted octanol–water partition coefficient (Wildman–Crippen LogP) is 2.23. The lowest BCUT2D eigenvalue weighted by Crippen LogP contribution is -1.99. The first-order chi connectivity index (χ1) is 7.22. The second-order valence-electron chi connectivity index (χ2n) is 3.13. The van der Waals surface area contributed by atoms with Gasteiger partial charge in [-0.3, -0.25) is 9.48 Å². The highest BCUT2D eigenvalue weighted by molar-refractivity contribution is 7.13. The molecule has 0 unspecified atom stereocenters. The van der Waals surface area contributed by atoms with E-state index in [2.05, 4.69) is 10.1 Å². The summed E-state index contributed by atoms with van der Waals surface area (Å²) < 4.78 is 1.86. The first-order valence-corrected chi connectivity index (χ1v) is 5.59. The number of hydrogen-bond donors (Lipinski definition) is 0. The number of carbonyl (C=O) groups excluding carboxylic acids is 1. The third kappa shape index (κ3) is 1.83. The van der Waals surface area contributed by atoms with Crippen LogP contribution in [0.25, 0.3) is 10.7 Å². The molecule has 0 radical (unpaired) electrons. The average Bonchev–Trinajstić information content (AvgIpc) is 2.85. The molecule has 0 spiro atoms. The van der Waals surface area contributed by atoms with E-state index < -0.39 is 0 Å². The van der Waals surface area contributed by atoms with Crippen molar-refractivity contribution in [2.45, 2.75) is 20.4 Å². The number of aryl methyl sites for hydroxylation is 1. The number of rotatable bonds is 3. The van der Waals surface area contributed by atoms with Crippen molar-refractivity contribution in [1.29, 1.82) is 0 Å². The molecule has 0 N–H and O–H groups in total. The van der Waals surface area contributed by atoms with Crippen LogP contribution in [0.5, 0.6) is 0 Å². The molecule has 0 fully saturated rings. The van der Waals surface area contributed by atoms with Crippen molar-refractivity contribution in [3.05, 3.63) is 23.3 Å². The number of Topliss-reactive ketones (excluding diaryl/α,β-unsaturated/α-hetero) is 1. The number of carbonyl (C=O) groups is 1. The number of nitrogens with zero attached hydrogens (tertiary/aromatic N) is 3. The van der Waals surface area contributed by atoms with Crippen LogP contribution in [0.3, 0.4) is 0 Å². The fourth-order valence-corrected chi connectivity index (χ4v) is 2.21. The molecule has 2 rings (SSSR count). The summed E-state index contributed by atoms with van der Waals surface area (Å²) in [6, 6.07) is 1.91. The normalized spacial score (nSPS) is 10.5. The Kier molecular flexibility index (Phi) is 2.64. The topological polar surface area (TPSA) is 47.8 Å². The van der Waals surface area contributed by atoms with Crippen molar-refractivity contribution >= 4 is 17.1 Å². The Morgan fingerprint density at radius 1 is 1.60 bits per heavy atom. The number of ketones is 1. The van der Waals surface area contributed by atoms with Crippen molar-refractivity contribution in [3.8, 4) is 10.7 Å². The second-order valence-corrected chi connectivity index (χ2v) is 3.98. The first kappa shape index (κ1) is 10.0. The molecule has 2 heterocycles. The van der Waals surface area contributed by atoms with Gasteiger partial charge in [0, 0.05) is 25.0 Å². The Labute approximate surface area is 91.6 Å². The van der Waals surface area contributed by atoms with Crippen LogP contribution in [0.15, 0.2) is 17.6 Å². The molecule has 0 aliphatic heterocycles. The van der Waals surface area contributed by atoms with Gasteiger partial charge in [-0.05, 0) is 13.0 Å². The minimum atomic E-state index is 0.0000591. The van der Waals surface area contributed by atoms with Crippen molar-refractivity contribution < 1.29 is 4.79 Å². The third-order valence-electron chi connectivity index (χ3n) is 2.10. The fraction of sp³-hybridized carbons (Fsp3) is 0.300. The third-order valence-corrected chi connectivity index (χ3v) is 2.96. The standard InChI is InChI=1S/C10H11N3OS/c1-3-13-9(4-5-11-13)10-12-8(6-15-10)7(2)14/h4-6H,3H2,1-2H3. The Morgan fingerprint density at radius 3 is 3.00 bits per heavy atom. The highest BCUT2D eigenvalue weighted by Crippen LogP contribution is 2.23. The van der Waals surface area contributed by atoms with E-state index in [9.17, 15) is 4.79 Å². The Morgan fingerprint density at radius 2 is 2.40 bits per heavy atom. The number of thiazole rings is 1. The molecule has 0 aromatic carbocycles. The highest BCUT2D eigenvalue weighted by Gasteiger charge is 2.10. The van der Waals surface area contributed by atoms with Gasteiger partial charge < -0.3 is 0 Å². The van der Waals surface area contributed by atoms with Gasteiger partial charge in [-0.1, -0.05) is 0 Å². The quantitative estimate of drug-likeness (QED) is 0.747. The molecule has 0 atom stereocenters. The van der Waals surface area contributed by atoms with E-state index in [4.69, 9.17) is 0 Å². The van der Waals surface area contributed by atoms with Gasteiger partial charge in [0.1, 0.15) is 10.7 Å². The van der Waals surface area contributed by atoms with E-state index in [-0.39, 0.29) is 5.78 Å². The summed E-state index contributed by atoms with van der Waals surface area (Å²) in [4.78, 5) is 15.4. The number of hydrogen-bond acceptors (Lipinski definition) is 4. The fourth-order valence-electron chi connectivity index (χ4n) is 1.32. The zero-order valence-corrected chi connectivity index (χ0v) is 9.41. The lowest BCUT2D eigenvalue weighted by molar-refractivity contribution is 0.101. The maximum atomic E-state index is 11.1. The van der Waals surface area contributed by atoms with E-state index >= 15 is 0 Å². The Hall–Kier alpha value is -1.49. The largest absolute Gasteiger partial charge is 0.293 e. The van der Waals surface area contributed by atoms with E-state index in [0.29, 0.717) is 5.69 Å². The summed E-state index contributed by atoms with van der Waals surface area (Å²) in [5, 5.41) is 6.79. The highest BCUT2D eigenvalue weighted by atomic mass is 32.1. The first-order valence-electron chi connectivity index (χ1n) is 4.71. The Bertz CT molecular complexity index is 486. The van der Waals surface area contributed by atoms with E-state index in [1.54, 1.807) is 11.6 Å². The number of aromatic nitrogens is 3. The molecule has 4 nitrogen and oxygen atoms in total. The minimum absolute atomic E-state index is 0.0000591. The summed E-state index contributed by atoms with van der Waals surface area (Å²) in [6.45, 7) is 4.35. The minimum Gasteiger partial charge on any atom is -0.293 e. The van der Waals surface area contributed by atoms with Crippen molar-refractivity contribution in [3.63, 3.8) is 0 Å². The zero-order chi connectivity index (χ0) is 10.8. The van der Waals surface area contributed by atoms with Crippen LogP contribution in [0.1, 0.15) is 24.3 Å². The average molecular weight is 221 g/mol. The van der Waals surface area contributed by atoms with Crippen LogP contribution in [0, 0.1) is 0 Å². The predicted molar refractivity (Wildman–Crippen MR) is 59.0 cm³/mol. The van der Waals surface area contributed by atoms with Gasteiger partial charge in [0.25, 0.3) is 0 Å². The maximum absolute atomic E-state index is 11.1. The van der Waals surface area contributed by atoms with Gasteiger partial charge in [-0.2, -0.15) is 5.10 Å². The van der Waals surface area contributed by atoms with Crippen LogP contribution in [-0.4, -0.2) is 20.5 Å². The molecule has 0 aliphatic carbocycles. The molecular weight excluding hydrogens is 210 g/mol. The van der Waals surface area contributed by atoms with Gasteiger partial charge in [-0.15, -0.1) is 11.3 Å². The molecule has 0 saturated carbocycles. The molecule has 0 aliphatic rings. The van der Waals surface area contributed by atoms with Crippen LogP contribution in [-0.2, 0) is 6.54 Å². The summed E-state index contributed by atoms with van der Waals surface area (Å²) in [6.07, 6.45) is 1.74. The molecule has 0 saturated heterocycles.